The predicted octanol–water partition coefficient (Wildman–Crippen LogP) is 6.38. The molecule has 2 atom stereocenters. The fraction of sp³-hybridized carbons (Fsp3) is 0.267. The molecule has 0 saturated carbocycles. The van der Waals surface area contributed by atoms with E-state index in [0.29, 0.717) is 5.57 Å². The first kappa shape index (κ1) is 24.3. The van der Waals surface area contributed by atoms with Crippen molar-refractivity contribution < 1.29 is 27.4 Å². The molecule has 2 unspecified atom stereocenters. The summed E-state index contributed by atoms with van der Waals surface area (Å²) in [7, 11) is 0. The highest BCUT2D eigenvalue weighted by molar-refractivity contribution is 5.80. The van der Waals surface area contributed by atoms with Crippen molar-refractivity contribution in [3.63, 3.8) is 0 Å². The summed E-state index contributed by atoms with van der Waals surface area (Å²) in [5.74, 6) is -0.0914. The summed E-state index contributed by atoms with van der Waals surface area (Å²) in [6.45, 7) is 0.533. The lowest BCUT2D eigenvalue weighted by Crippen LogP contribution is -2.56. The monoisotopic (exact) mass is 516 g/mol. The lowest BCUT2D eigenvalue weighted by Gasteiger charge is -2.44. The molecule has 1 fully saturated rings. The van der Waals surface area contributed by atoms with E-state index in [1.165, 1.54) is 12.1 Å². The Morgan fingerprint density at radius 1 is 1.00 bits per heavy atom. The van der Waals surface area contributed by atoms with Gasteiger partial charge < -0.3 is 9.47 Å². The summed E-state index contributed by atoms with van der Waals surface area (Å²) in [4.78, 5) is 14.9. The zero-order chi connectivity index (χ0) is 26.4. The Morgan fingerprint density at radius 2 is 1.68 bits per heavy atom. The summed E-state index contributed by atoms with van der Waals surface area (Å²) < 4.78 is 53.0. The van der Waals surface area contributed by atoms with Gasteiger partial charge in [-0.1, -0.05) is 60.7 Å². The number of alkyl halides is 3. The summed E-state index contributed by atoms with van der Waals surface area (Å²) in [5.41, 5.74) is 4.07. The number of carbonyl (C=O) groups is 1. The number of carbonyl (C=O) groups excluding carboxylic acids is 1. The molecule has 2 bridgehead atoms. The van der Waals surface area contributed by atoms with Gasteiger partial charge in [0.05, 0.1) is 42.5 Å². The van der Waals surface area contributed by atoms with Crippen molar-refractivity contribution >= 4 is 11.7 Å². The molecule has 0 radical (unpaired) electrons. The number of ether oxygens (including phenoxy) is 2. The van der Waals surface area contributed by atoms with Crippen LogP contribution in [0.3, 0.4) is 0 Å². The Kier molecular flexibility index (Phi) is 5.96. The molecule has 38 heavy (non-hydrogen) atoms. The predicted molar refractivity (Wildman–Crippen MR) is 134 cm³/mol. The number of nitrogens with zero attached hydrogens (tertiary/aromatic N) is 2. The first-order valence-electron chi connectivity index (χ1n) is 12.4. The molecule has 2 heterocycles. The number of halogens is 3. The third-order valence-electron chi connectivity index (χ3n) is 7.55. The van der Waals surface area contributed by atoms with Gasteiger partial charge >= 0.3 is 12.3 Å². The topological polar surface area (TPSA) is 62.6 Å². The van der Waals surface area contributed by atoms with E-state index in [-0.39, 0.29) is 43.3 Å². The van der Waals surface area contributed by atoms with Crippen LogP contribution in [0, 0.1) is 11.3 Å². The van der Waals surface area contributed by atoms with Crippen molar-refractivity contribution in [3.05, 3.63) is 101 Å². The van der Waals surface area contributed by atoms with Gasteiger partial charge in [-0.25, -0.2) is 4.79 Å². The molecule has 0 spiro atoms. The van der Waals surface area contributed by atoms with Gasteiger partial charge in [0.2, 0.25) is 0 Å². The van der Waals surface area contributed by atoms with Crippen LogP contribution < -0.4 is 0 Å². The van der Waals surface area contributed by atoms with E-state index in [2.05, 4.69) is 12.1 Å². The van der Waals surface area contributed by atoms with E-state index in [0.717, 1.165) is 28.3 Å². The quantitative estimate of drug-likeness (QED) is 0.405. The van der Waals surface area contributed by atoms with Crippen molar-refractivity contribution in [3.8, 4) is 17.2 Å². The lowest BCUT2D eigenvalue weighted by molar-refractivity contribution is -0.137. The Hall–Kier alpha value is -4.09. The van der Waals surface area contributed by atoms with Crippen molar-refractivity contribution in [2.45, 2.75) is 30.6 Å². The molecule has 6 rings (SSSR count). The lowest BCUT2D eigenvalue weighted by atomic mass is 9.87. The first-order valence-corrected chi connectivity index (χ1v) is 12.4. The van der Waals surface area contributed by atoms with Crippen LogP contribution in [0.5, 0.6) is 0 Å². The average molecular weight is 517 g/mol. The molecule has 5 nitrogen and oxygen atoms in total. The fourth-order valence-corrected chi connectivity index (χ4v) is 5.88. The molecule has 1 amide bonds. The highest BCUT2D eigenvalue weighted by atomic mass is 19.4. The number of rotatable bonds is 3. The number of morpholine rings is 1. The SMILES string of the molecule is N#Cc1ccc(C2=CC3COCC(C2)N3C(=O)OCC2c3ccccc3-c3ccccc32)c(C(F)(F)F)c1. The van der Waals surface area contributed by atoms with Crippen LogP contribution in [0.15, 0.2) is 72.8 Å². The van der Waals surface area contributed by atoms with Gasteiger partial charge in [-0.3, -0.25) is 4.90 Å². The summed E-state index contributed by atoms with van der Waals surface area (Å²) in [6.07, 6.45) is -3.27. The van der Waals surface area contributed by atoms with Crippen molar-refractivity contribution in [2.75, 3.05) is 19.8 Å². The number of fused-ring (bicyclic) bond motifs is 5. The molecule has 1 saturated heterocycles. The molecule has 3 aliphatic rings. The normalized spacial score (nSPS) is 20.3. The van der Waals surface area contributed by atoms with Gasteiger partial charge in [0.1, 0.15) is 6.61 Å². The Morgan fingerprint density at radius 3 is 2.32 bits per heavy atom. The molecule has 8 heteroatoms. The summed E-state index contributed by atoms with van der Waals surface area (Å²) >= 11 is 0. The van der Waals surface area contributed by atoms with Gasteiger partial charge in [0.25, 0.3) is 0 Å². The first-order chi connectivity index (χ1) is 18.3. The Balaban J connectivity index is 1.25. The van der Waals surface area contributed by atoms with E-state index in [9.17, 15) is 18.0 Å². The molecule has 1 aliphatic carbocycles. The average Bonchev–Trinajstić information content (AvgIpc) is 3.24. The van der Waals surface area contributed by atoms with Gasteiger partial charge in [0, 0.05) is 5.92 Å². The van der Waals surface area contributed by atoms with Crippen LogP contribution in [-0.4, -0.2) is 42.9 Å². The highest BCUT2D eigenvalue weighted by Gasteiger charge is 2.42. The smallest absolute Gasteiger partial charge is 0.417 e. The number of hydrogen-bond donors (Lipinski definition) is 0. The second-order valence-electron chi connectivity index (χ2n) is 9.74. The van der Waals surface area contributed by atoms with Crippen LogP contribution in [0.2, 0.25) is 0 Å². The van der Waals surface area contributed by atoms with Crippen LogP contribution in [0.4, 0.5) is 18.0 Å². The highest BCUT2D eigenvalue weighted by Crippen LogP contribution is 2.45. The fourth-order valence-electron chi connectivity index (χ4n) is 5.88. The van der Waals surface area contributed by atoms with E-state index in [1.54, 1.807) is 17.0 Å². The van der Waals surface area contributed by atoms with E-state index in [4.69, 9.17) is 14.7 Å². The maximum absolute atomic E-state index is 13.8. The van der Waals surface area contributed by atoms with Crippen LogP contribution in [0.25, 0.3) is 16.7 Å². The maximum atomic E-state index is 13.8. The van der Waals surface area contributed by atoms with Gasteiger partial charge in [0.15, 0.2) is 0 Å². The third kappa shape index (κ3) is 4.13. The third-order valence-corrected chi connectivity index (χ3v) is 7.55. The number of hydrogen-bond acceptors (Lipinski definition) is 4. The second-order valence-corrected chi connectivity index (χ2v) is 9.74. The molecular weight excluding hydrogens is 493 g/mol. The van der Waals surface area contributed by atoms with Gasteiger partial charge in [-0.15, -0.1) is 0 Å². The Bertz CT molecular complexity index is 1450. The summed E-state index contributed by atoms with van der Waals surface area (Å²) in [5, 5.41) is 9.09. The van der Waals surface area contributed by atoms with Crippen molar-refractivity contribution in [2.24, 2.45) is 0 Å². The van der Waals surface area contributed by atoms with E-state index < -0.39 is 29.9 Å². The van der Waals surface area contributed by atoms with Crippen LogP contribution in [-0.2, 0) is 15.7 Å². The van der Waals surface area contributed by atoms with E-state index >= 15 is 0 Å². The van der Waals surface area contributed by atoms with Crippen molar-refractivity contribution in [1.82, 2.24) is 4.90 Å². The molecule has 3 aromatic rings. The minimum absolute atomic E-state index is 0.0283. The molecular formula is C30H23F3N2O3. The van der Waals surface area contributed by atoms with Crippen LogP contribution in [0.1, 0.15) is 40.2 Å². The summed E-state index contributed by atoms with van der Waals surface area (Å²) in [6, 6.07) is 20.5. The number of benzene rings is 3. The van der Waals surface area contributed by atoms with E-state index in [1.807, 2.05) is 36.4 Å². The van der Waals surface area contributed by atoms with Crippen LogP contribution >= 0.6 is 0 Å². The number of nitriles is 1. The minimum Gasteiger partial charge on any atom is -0.448 e. The Labute approximate surface area is 217 Å². The van der Waals surface area contributed by atoms with Crippen molar-refractivity contribution in [1.29, 1.82) is 5.26 Å². The zero-order valence-corrected chi connectivity index (χ0v) is 20.2. The van der Waals surface area contributed by atoms with Gasteiger partial charge in [-0.2, -0.15) is 18.4 Å². The number of amides is 1. The minimum atomic E-state index is -4.61. The standard InChI is InChI=1S/C30H23F3N2O3/c31-30(32,33)28-11-18(14-34)9-10-22(28)19-12-20-15-37-16-21(13-19)35(20)29(36)38-17-27-25-7-3-1-5-23(25)24-6-2-4-8-26(24)27/h1-12,20-21,27H,13,15-17H2. The largest absolute Gasteiger partial charge is 0.448 e. The molecule has 0 aromatic heterocycles. The molecule has 192 valence electrons. The molecule has 2 aliphatic heterocycles. The zero-order valence-electron chi connectivity index (χ0n) is 20.2. The van der Waals surface area contributed by atoms with Gasteiger partial charge in [-0.05, 0) is 51.9 Å². The molecule has 3 aromatic carbocycles. The molecule has 0 N–H and O–H groups in total. The maximum Gasteiger partial charge on any atom is 0.417 e. The second kappa shape index (κ2) is 9.34.